The van der Waals surface area contributed by atoms with Crippen LogP contribution >= 0.6 is 0 Å². The van der Waals surface area contributed by atoms with Gasteiger partial charge in [-0.3, -0.25) is 4.79 Å². The molecule has 6 unspecified atom stereocenters. The molecule has 0 bridgehead atoms. The van der Waals surface area contributed by atoms with E-state index in [0.717, 1.165) is 30.3 Å². The first-order chi connectivity index (χ1) is 32.3. The lowest BCUT2D eigenvalue weighted by atomic mass is 9.96. The number of carbonyl (C=O) groups excluding carboxylic acids is 1. The Kier molecular flexibility index (Phi) is 15.3. The number of phenolic OH excluding ortho intramolecular Hbond substituents is 5. The summed E-state index contributed by atoms with van der Waals surface area (Å²) < 4.78 is 51.0. The molecule has 1 aromatic heterocycles. The van der Waals surface area contributed by atoms with Crippen LogP contribution in [0.2, 0.25) is 0 Å². The Balaban J connectivity index is 1.18. The highest BCUT2D eigenvalue weighted by atomic mass is 16.8. The minimum atomic E-state index is -2.18. The number of phenols is 5. The third-order valence-electron chi connectivity index (χ3n) is 11.3. The minimum absolute atomic E-state index is 0.117. The van der Waals surface area contributed by atoms with E-state index in [1.807, 2.05) is 0 Å². The molecule has 3 saturated heterocycles. The molecule has 0 amide bonds. The van der Waals surface area contributed by atoms with Crippen molar-refractivity contribution in [3.63, 3.8) is 0 Å². The van der Waals surface area contributed by atoms with Gasteiger partial charge < -0.3 is 114 Å². The average molecular weight is 965 g/mol. The van der Waals surface area contributed by atoms with Crippen LogP contribution in [0, 0.1) is 0 Å². The van der Waals surface area contributed by atoms with Crippen molar-refractivity contribution in [2.45, 2.75) is 92.1 Å². The van der Waals surface area contributed by atoms with Crippen molar-refractivity contribution in [3.8, 4) is 51.6 Å². The molecule has 4 heterocycles. The van der Waals surface area contributed by atoms with Crippen LogP contribution in [0.15, 0.2) is 63.8 Å². The van der Waals surface area contributed by atoms with Gasteiger partial charge in [0.2, 0.25) is 17.5 Å². The zero-order chi connectivity index (χ0) is 49.3. The number of esters is 1. The fraction of sp³-hybridized carbons (Fsp3) is 0.442. The molecule has 15 atom stereocenters. The van der Waals surface area contributed by atoms with Crippen LogP contribution in [0.1, 0.15) is 5.56 Å². The summed E-state index contributed by atoms with van der Waals surface area (Å²) >= 11 is 0. The van der Waals surface area contributed by atoms with Crippen LogP contribution in [0.25, 0.3) is 28.4 Å². The Bertz CT molecular complexity index is 2510. The van der Waals surface area contributed by atoms with Gasteiger partial charge in [0, 0.05) is 23.8 Å². The van der Waals surface area contributed by atoms with Gasteiger partial charge in [-0.05, 0) is 42.0 Å². The lowest BCUT2D eigenvalue weighted by Gasteiger charge is -2.48. The zero-order valence-corrected chi connectivity index (χ0v) is 35.3. The second-order valence-corrected chi connectivity index (χ2v) is 15.8. The van der Waals surface area contributed by atoms with Crippen molar-refractivity contribution in [1.82, 2.24) is 0 Å². The topological polar surface area (TPSA) is 404 Å². The normalized spacial score (nSPS) is 32.0. The summed E-state index contributed by atoms with van der Waals surface area (Å²) in [4.78, 5) is 26.8. The number of benzene rings is 3. The molecule has 3 fully saturated rings. The Labute approximate surface area is 382 Å². The molecule has 0 spiro atoms. The van der Waals surface area contributed by atoms with Gasteiger partial charge in [0.15, 0.2) is 47.4 Å². The number of aromatic hydroxyl groups is 5. The number of methoxy groups -OCH3 is 1. The first-order valence-electron chi connectivity index (χ1n) is 20.5. The molecule has 25 nitrogen and oxygen atoms in total. The largest absolute Gasteiger partial charge is 0.508 e. The number of hydrogen-bond donors (Lipinski definition) is 14. The SMILES string of the molecule is COc1cc(/C=C/C(=O)OCC2O[C@@H](OC3[C@H](OC4[C@H](Oc5c(-c6ccc(O)c(O)c6)oc6cc(O)cc(O)c6c5=O)OC(CO)[C@@H](O)[C@@H]4O)OC(CO)[C@H](O)[C@@H]3O)C(O)[C@@H](O)[C@@H]2O)ccc1O. The van der Waals surface area contributed by atoms with E-state index in [9.17, 15) is 81.1 Å². The summed E-state index contributed by atoms with van der Waals surface area (Å²) in [5, 5.41) is 148. The molecule has 370 valence electrons. The first kappa shape index (κ1) is 50.0. The quantitative estimate of drug-likeness (QED) is 0.0342. The monoisotopic (exact) mass is 964 g/mol. The number of ether oxygens (including phenoxy) is 8. The van der Waals surface area contributed by atoms with E-state index in [4.69, 9.17) is 42.3 Å². The van der Waals surface area contributed by atoms with Gasteiger partial charge in [-0.2, -0.15) is 0 Å². The second-order valence-electron chi connectivity index (χ2n) is 15.8. The van der Waals surface area contributed by atoms with E-state index in [2.05, 4.69) is 0 Å². The number of fused-ring (bicyclic) bond motifs is 1. The van der Waals surface area contributed by atoms with E-state index in [1.54, 1.807) is 0 Å². The van der Waals surface area contributed by atoms with Crippen molar-refractivity contribution >= 4 is 23.0 Å². The number of rotatable bonds is 14. The van der Waals surface area contributed by atoms with Gasteiger partial charge >= 0.3 is 5.97 Å². The first-order valence-corrected chi connectivity index (χ1v) is 20.5. The van der Waals surface area contributed by atoms with Gasteiger partial charge in [-0.25, -0.2) is 4.79 Å². The Hall–Kier alpha value is -5.88. The summed E-state index contributed by atoms with van der Waals surface area (Å²) in [6.07, 6.45) is -27.7. The Morgan fingerprint density at radius 1 is 0.647 bits per heavy atom. The van der Waals surface area contributed by atoms with Crippen molar-refractivity contribution in [2.24, 2.45) is 0 Å². The molecule has 4 aromatic rings. The molecule has 25 heteroatoms. The van der Waals surface area contributed by atoms with Gasteiger partial charge in [0.1, 0.15) is 96.2 Å². The van der Waals surface area contributed by atoms with Crippen molar-refractivity contribution < 1.29 is 119 Å². The predicted octanol–water partition coefficient (Wildman–Crippen LogP) is -2.91. The van der Waals surface area contributed by atoms with E-state index < -0.39 is 169 Å². The van der Waals surface area contributed by atoms with E-state index in [1.165, 1.54) is 37.5 Å². The lowest BCUT2D eigenvalue weighted by Crippen LogP contribution is -2.67. The molecule has 14 N–H and O–H groups in total. The molecular formula is C43H48O25. The maximum atomic E-state index is 14.2. The third-order valence-corrected chi connectivity index (χ3v) is 11.3. The fourth-order valence-corrected chi connectivity index (χ4v) is 7.60. The summed E-state index contributed by atoms with van der Waals surface area (Å²) in [5.41, 5.74) is -1.31. The summed E-state index contributed by atoms with van der Waals surface area (Å²) in [6.45, 7) is -2.74. The van der Waals surface area contributed by atoms with Gasteiger partial charge in [0.25, 0.3) is 0 Å². The highest BCUT2D eigenvalue weighted by Crippen LogP contribution is 2.41. The summed E-state index contributed by atoms with van der Waals surface area (Å²) in [6, 6.07) is 9.09. The van der Waals surface area contributed by atoms with Crippen LogP contribution in [-0.2, 0) is 33.2 Å². The van der Waals surface area contributed by atoms with E-state index in [0.29, 0.717) is 5.56 Å². The van der Waals surface area contributed by atoms with Crippen LogP contribution in [-0.4, -0.2) is 197 Å². The Morgan fingerprint density at radius 3 is 1.90 bits per heavy atom. The third kappa shape index (κ3) is 10.1. The number of hydrogen-bond acceptors (Lipinski definition) is 25. The van der Waals surface area contributed by atoms with Crippen molar-refractivity contribution in [2.75, 3.05) is 26.9 Å². The zero-order valence-electron chi connectivity index (χ0n) is 35.3. The maximum Gasteiger partial charge on any atom is 0.330 e. The minimum Gasteiger partial charge on any atom is -0.508 e. The smallest absolute Gasteiger partial charge is 0.330 e. The molecule has 0 saturated carbocycles. The van der Waals surface area contributed by atoms with Crippen LogP contribution in [0.3, 0.4) is 0 Å². The number of carbonyl (C=O) groups is 1. The van der Waals surface area contributed by atoms with Gasteiger partial charge in [0.05, 0.1) is 20.3 Å². The summed E-state index contributed by atoms with van der Waals surface area (Å²) in [7, 11) is 1.32. The van der Waals surface area contributed by atoms with E-state index >= 15 is 0 Å². The average Bonchev–Trinajstić information content (AvgIpc) is 3.31. The highest BCUT2D eigenvalue weighted by molar-refractivity contribution is 5.88. The lowest BCUT2D eigenvalue weighted by molar-refractivity contribution is -0.389. The number of aliphatic hydroxyl groups is 9. The van der Waals surface area contributed by atoms with Crippen molar-refractivity contribution in [1.29, 1.82) is 0 Å². The van der Waals surface area contributed by atoms with Gasteiger partial charge in [-0.1, -0.05) is 6.07 Å². The molecular weight excluding hydrogens is 916 g/mol. The molecule has 3 aliphatic rings. The molecule has 3 aliphatic heterocycles. The molecule has 0 radical (unpaired) electrons. The Morgan fingerprint density at radius 2 is 1.25 bits per heavy atom. The van der Waals surface area contributed by atoms with Crippen LogP contribution < -0.4 is 14.9 Å². The van der Waals surface area contributed by atoms with Crippen LogP contribution in [0.5, 0.6) is 40.2 Å². The highest BCUT2D eigenvalue weighted by Gasteiger charge is 2.55. The van der Waals surface area contributed by atoms with Crippen molar-refractivity contribution in [3.05, 3.63) is 70.4 Å². The number of aliphatic hydroxyl groups excluding tert-OH is 9. The predicted molar refractivity (Wildman–Crippen MR) is 222 cm³/mol. The fourth-order valence-electron chi connectivity index (χ4n) is 7.60. The second kappa shape index (κ2) is 20.8. The maximum absolute atomic E-state index is 14.2. The standard InChI is InChI=1S/C43H48O25/c1-60-22-8-15(2-5-19(22)48)3-7-27(51)61-14-26-31(54)33(56)36(59)41(65-26)67-39-34(57)29(52)25(13-45)64-43(39)68-40-35(58)30(53)24(12-44)63-42(40)66-38-32(55)28-21(50)10-17(46)11-23(28)62-37(38)16-4-6-18(47)20(49)9-16/h2-11,24-26,29-31,33-36,39-50,52-54,56-59H,12-14H2,1H3/b7-3+/t24?,25?,26?,29-,30+,31+,33-,34-,35-,36?,39?,40?,41-,42-,43-/m0/s1. The van der Waals surface area contributed by atoms with E-state index in [-0.39, 0.29) is 17.1 Å². The summed E-state index contributed by atoms with van der Waals surface area (Å²) in [5.74, 6) is -5.04. The van der Waals surface area contributed by atoms with Gasteiger partial charge in [-0.15, -0.1) is 0 Å². The molecule has 3 aromatic carbocycles. The molecule has 7 rings (SSSR count). The molecule has 68 heavy (non-hydrogen) atoms. The van der Waals surface area contributed by atoms with Crippen LogP contribution in [0.4, 0.5) is 0 Å². The molecule has 0 aliphatic carbocycles.